The van der Waals surface area contributed by atoms with E-state index in [1.54, 1.807) is 0 Å². The highest BCUT2D eigenvalue weighted by molar-refractivity contribution is 5.88. The van der Waals surface area contributed by atoms with Gasteiger partial charge in [-0.3, -0.25) is 0 Å². The van der Waals surface area contributed by atoms with E-state index in [-0.39, 0.29) is 22.6 Å². The molecule has 0 atom stereocenters. The van der Waals surface area contributed by atoms with Gasteiger partial charge in [0.05, 0.1) is 12.5 Å². The van der Waals surface area contributed by atoms with Crippen molar-refractivity contribution in [2.24, 2.45) is 0 Å². The molecule has 2 rings (SSSR count). The van der Waals surface area contributed by atoms with E-state index in [4.69, 9.17) is 9.15 Å². The highest BCUT2D eigenvalue weighted by Crippen LogP contribution is 2.32. The van der Waals surface area contributed by atoms with Crippen LogP contribution in [0.3, 0.4) is 0 Å². The topological polar surface area (TPSA) is 59.7 Å². The first-order valence-corrected chi connectivity index (χ1v) is 4.54. The zero-order valence-electron chi connectivity index (χ0n) is 8.70. The van der Waals surface area contributed by atoms with Gasteiger partial charge in [-0.05, 0) is 6.92 Å². The van der Waals surface area contributed by atoms with E-state index >= 15 is 0 Å². The third-order valence-corrected chi connectivity index (χ3v) is 2.36. The van der Waals surface area contributed by atoms with Gasteiger partial charge in [0.1, 0.15) is 17.1 Å². The van der Waals surface area contributed by atoms with Crippen LogP contribution in [0.25, 0.3) is 11.0 Å². The number of aryl methyl sites for hydroxylation is 1. The zero-order chi connectivity index (χ0) is 11.9. The molecule has 1 N–H and O–H groups in total. The van der Waals surface area contributed by atoms with Crippen molar-refractivity contribution in [3.8, 4) is 11.5 Å². The Morgan fingerprint density at radius 2 is 2.12 bits per heavy atom. The number of halogens is 1. The van der Waals surface area contributed by atoms with Crippen LogP contribution >= 0.6 is 0 Å². The van der Waals surface area contributed by atoms with Gasteiger partial charge in [-0.25, -0.2) is 4.79 Å². The molecule has 0 aliphatic rings. The number of fused-ring (bicyclic) bond motifs is 1. The molecule has 0 aliphatic heterocycles. The molecule has 5 heteroatoms. The van der Waals surface area contributed by atoms with E-state index in [0.717, 1.165) is 0 Å². The highest BCUT2D eigenvalue weighted by Gasteiger charge is 2.15. The van der Waals surface area contributed by atoms with Crippen LogP contribution in [-0.4, -0.2) is 12.2 Å². The number of phenolic OH excluding ortho intramolecular Hbond substituents is 1. The molecule has 0 saturated carbocycles. The van der Waals surface area contributed by atoms with Gasteiger partial charge in [0.15, 0.2) is 0 Å². The number of aromatic hydroxyl groups is 1. The first kappa shape index (κ1) is 10.5. The smallest absolute Gasteiger partial charge is 0.372 e. The second-order valence-corrected chi connectivity index (χ2v) is 3.35. The van der Waals surface area contributed by atoms with Crippen molar-refractivity contribution in [1.29, 1.82) is 0 Å². The van der Waals surface area contributed by atoms with Gasteiger partial charge in [0, 0.05) is 17.7 Å². The Balaban J connectivity index is 3.01. The summed E-state index contributed by atoms with van der Waals surface area (Å²) in [7, 11) is 1.39. The molecule has 0 unspecified atom stereocenters. The van der Waals surface area contributed by atoms with Gasteiger partial charge in [-0.15, -0.1) is 0 Å². The standard InChI is InChI=1S/C11H9FO4/c1-5-9-7(15-2)3-6(13)4-8(9)16-11(14)10(5)12/h3-4,13H,1-2H3. The second-order valence-electron chi connectivity index (χ2n) is 3.35. The fourth-order valence-electron chi connectivity index (χ4n) is 1.59. The maximum absolute atomic E-state index is 13.4. The molecule has 4 nitrogen and oxygen atoms in total. The van der Waals surface area contributed by atoms with Crippen LogP contribution in [0.5, 0.6) is 11.5 Å². The number of hydrogen-bond donors (Lipinski definition) is 1. The third kappa shape index (κ3) is 1.41. The fraction of sp³-hybridized carbons (Fsp3) is 0.182. The molecule has 0 saturated heterocycles. The van der Waals surface area contributed by atoms with Crippen molar-refractivity contribution < 1.29 is 18.7 Å². The van der Waals surface area contributed by atoms with E-state index in [9.17, 15) is 14.3 Å². The van der Waals surface area contributed by atoms with Crippen molar-refractivity contribution in [3.63, 3.8) is 0 Å². The average Bonchev–Trinajstić information content (AvgIpc) is 2.24. The molecule has 0 radical (unpaired) electrons. The Morgan fingerprint density at radius 1 is 1.44 bits per heavy atom. The molecule has 0 bridgehead atoms. The molecular weight excluding hydrogens is 215 g/mol. The highest BCUT2D eigenvalue weighted by atomic mass is 19.1. The SMILES string of the molecule is COc1cc(O)cc2oc(=O)c(F)c(C)c12. The zero-order valence-corrected chi connectivity index (χ0v) is 8.70. The number of rotatable bonds is 1. The van der Waals surface area contributed by atoms with E-state index < -0.39 is 11.4 Å². The largest absolute Gasteiger partial charge is 0.508 e. The van der Waals surface area contributed by atoms with Crippen molar-refractivity contribution >= 4 is 11.0 Å². The Bertz CT molecular complexity index is 615. The number of methoxy groups -OCH3 is 1. The van der Waals surface area contributed by atoms with Crippen LogP contribution < -0.4 is 10.4 Å². The lowest BCUT2D eigenvalue weighted by Gasteiger charge is -2.08. The lowest BCUT2D eigenvalue weighted by molar-refractivity contribution is 0.408. The van der Waals surface area contributed by atoms with Gasteiger partial charge < -0.3 is 14.3 Å². The lowest BCUT2D eigenvalue weighted by atomic mass is 10.1. The summed E-state index contributed by atoms with van der Waals surface area (Å²) < 4.78 is 23.1. The Kier molecular flexibility index (Phi) is 2.30. The van der Waals surface area contributed by atoms with Gasteiger partial charge in [-0.1, -0.05) is 0 Å². The third-order valence-electron chi connectivity index (χ3n) is 2.36. The lowest BCUT2D eigenvalue weighted by Crippen LogP contribution is -2.07. The van der Waals surface area contributed by atoms with Crippen molar-refractivity contribution in [1.82, 2.24) is 0 Å². The minimum absolute atomic E-state index is 0.0979. The molecule has 1 aromatic heterocycles. The van der Waals surface area contributed by atoms with Gasteiger partial charge >= 0.3 is 5.63 Å². The molecule has 2 aromatic rings. The summed E-state index contributed by atoms with van der Waals surface area (Å²) >= 11 is 0. The van der Waals surface area contributed by atoms with Crippen LogP contribution in [0.4, 0.5) is 4.39 Å². The summed E-state index contributed by atoms with van der Waals surface area (Å²) in [4.78, 5) is 11.1. The second kappa shape index (κ2) is 3.52. The summed E-state index contributed by atoms with van der Waals surface area (Å²) in [6.07, 6.45) is 0. The van der Waals surface area contributed by atoms with E-state index in [2.05, 4.69) is 0 Å². The quantitative estimate of drug-likeness (QED) is 0.752. The molecule has 0 spiro atoms. The fourth-order valence-corrected chi connectivity index (χ4v) is 1.59. The van der Waals surface area contributed by atoms with Crippen LogP contribution in [0.15, 0.2) is 21.3 Å². The molecule has 16 heavy (non-hydrogen) atoms. The normalized spacial score (nSPS) is 10.7. The molecule has 1 aromatic carbocycles. The minimum atomic E-state index is -1.06. The summed E-state index contributed by atoms with van der Waals surface area (Å²) in [5, 5.41) is 9.70. The first-order chi connectivity index (χ1) is 7.54. The van der Waals surface area contributed by atoms with Gasteiger partial charge in [-0.2, -0.15) is 4.39 Å². The summed E-state index contributed by atoms with van der Waals surface area (Å²) in [5.41, 5.74) is -0.818. The van der Waals surface area contributed by atoms with Crippen LogP contribution in [-0.2, 0) is 0 Å². The van der Waals surface area contributed by atoms with E-state index in [1.165, 1.54) is 26.2 Å². The summed E-state index contributed by atoms with van der Waals surface area (Å²) in [6.45, 7) is 1.45. The Labute approximate surface area is 89.9 Å². The van der Waals surface area contributed by atoms with Gasteiger partial charge in [0.2, 0.25) is 5.82 Å². The number of hydrogen-bond acceptors (Lipinski definition) is 4. The summed E-state index contributed by atoms with van der Waals surface area (Å²) in [6, 6.07) is 2.57. The van der Waals surface area contributed by atoms with E-state index in [1.807, 2.05) is 0 Å². The summed E-state index contributed by atoms with van der Waals surface area (Å²) in [5.74, 6) is -0.801. The monoisotopic (exact) mass is 224 g/mol. The minimum Gasteiger partial charge on any atom is -0.508 e. The number of phenols is 1. The molecule has 1 heterocycles. The Hall–Kier alpha value is -2.04. The molecule has 0 aliphatic carbocycles. The van der Waals surface area contributed by atoms with Gasteiger partial charge in [0.25, 0.3) is 0 Å². The predicted molar refractivity (Wildman–Crippen MR) is 55.4 cm³/mol. The van der Waals surface area contributed by atoms with Crippen molar-refractivity contribution in [3.05, 3.63) is 33.9 Å². The maximum Gasteiger partial charge on any atom is 0.372 e. The molecular formula is C11H9FO4. The molecule has 0 fully saturated rings. The van der Waals surface area contributed by atoms with E-state index in [0.29, 0.717) is 5.39 Å². The molecule has 0 amide bonds. The van der Waals surface area contributed by atoms with Crippen molar-refractivity contribution in [2.75, 3.05) is 7.11 Å². The van der Waals surface area contributed by atoms with Crippen LogP contribution in [0.2, 0.25) is 0 Å². The maximum atomic E-state index is 13.4. The van der Waals surface area contributed by atoms with Crippen molar-refractivity contribution in [2.45, 2.75) is 6.92 Å². The average molecular weight is 224 g/mol. The van der Waals surface area contributed by atoms with Crippen LogP contribution in [0, 0.1) is 12.7 Å². The number of benzene rings is 1. The predicted octanol–water partition coefficient (Wildman–Crippen LogP) is 1.95. The Morgan fingerprint density at radius 3 is 2.75 bits per heavy atom. The first-order valence-electron chi connectivity index (χ1n) is 4.54. The van der Waals surface area contributed by atoms with Crippen LogP contribution in [0.1, 0.15) is 5.56 Å². The molecule has 84 valence electrons. The number of ether oxygens (including phenoxy) is 1.